The SMILES string of the molecule is COc1ccc(S(=O)(=O)Nc2cccc(Br)c2)cc1CN. The van der Waals surface area contributed by atoms with E-state index >= 15 is 0 Å². The first kappa shape index (κ1) is 15.8. The van der Waals surface area contributed by atoms with Crippen LogP contribution in [0.1, 0.15) is 5.56 Å². The minimum Gasteiger partial charge on any atom is -0.496 e. The van der Waals surface area contributed by atoms with Crippen LogP contribution >= 0.6 is 15.9 Å². The maximum atomic E-state index is 12.4. The summed E-state index contributed by atoms with van der Waals surface area (Å²) in [5.74, 6) is 0.568. The second-order valence-corrected chi connectivity index (χ2v) is 6.89. The molecule has 112 valence electrons. The highest BCUT2D eigenvalue weighted by Crippen LogP contribution is 2.24. The lowest BCUT2D eigenvalue weighted by atomic mass is 10.2. The first-order chi connectivity index (χ1) is 9.96. The van der Waals surface area contributed by atoms with E-state index in [0.29, 0.717) is 17.0 Å². The van der Waals surface area contributed by atoms with E-state index in [1.165, 1.54) is 19.2 Å². The average molecular weight is 371 g/mol. The lowest BCUT2D eigenvalue weighted by Crippen LogP contribution is -2.14. The highest BCUT2D eigenvalue weighted by atomic mass is 79.9. The van der Waals surface area contributed by atoms with Gasteiger partial charge in [0.05, 0.1) is 12.0 Å². The van der Waals surface area contributed by atoms with Gasteiger partial charge in [-0.2, -0.15) is 0 Å². The van der Waals surface area contributed by atoms with Gasteiger partial charge in [-0.05, 0) is 36.4 Å². The standard InChI is InChI=1S/C14H15BrN2O3S/c1-20-14-6-5-13(7-10(14)9-16)21(18,19)17-12-4-2-3-11(15)8-12/h2-8,17H,9,16H2,1H3. The third-order valence-corrected chi connectivity index (χ3v) is 4.73. The van der Waals surface area contributed by atoms with E-state index < -0.39 is 10.0 Å². The molecule has 21 heavy (non-hydrogen) atoms. The lowest BCUT2D eigenvalue weighted by molar-refractivity contribution is 0.409. The number of halogens is 1. The molecule has 2 rings (SSSR count). The Morgan fingerprint density at radius 3 is 2.62 bits per heavy atom. The van der Waals surface area contributed by atoms with Crippen molar-refractivity contribution in [3.05, 3.63) is 52.5 Å². The molecule has 0 aliphatic carbocycles. The third kappa shape index (κ3) is 3.75. The zero-order valence-electron chi connectivity index (χ0n) is 11.3. The molecule has 0 unspecified atom stereocenters. The number of hydrogen-bond donors (Lipinski definition) is 2. The summed E-state index contributed by atoms with van der Waals surface area (Å²) in [4.78, 5) is 0.142. The van der Waals surface area contributed by atoms with Gasteiger partial charge in [0.25, 0.3) is 10.0 Å². The van der Waals surface area contributed by atoms with Gasteiger partial charge in [0.1, 0.15) is 5.75 Å². The average Bonchev–Trinajstić information content (AvgIpc) is 2.46. The Hall–Kier alpha value is -1.57. The van der Waals surface area contributed by atoms with E-state index in [4.69, 9.17) is 10.5 Å². The molecule has 0 spiro atoms. The normalized spacial score (nSPS) is 11.2. The predicted octanol–water partition coefficient (Wildman–Crippen LogP) is 2.72. The van der Waals surface area contributed by atoms with Crippen LogP contribution in [0.4, 0.5) is 5.69 Å². The maximum absolute atomic E-state index is 12.4. The Bertz CT molecular complexity index is 748. The zero-order chi connectivity index (χ0) is 15.5. The van der Waals surface area contributed by atoms with Crippen LogP contribution in [0.25, 0.3) is 0 Å². The molecule has 5 nitrogen and oxygen atoms in total. The highest BCUT2D eigenvalue weighted by molar-refractivity contribution is 9.10. The van der Waals surface area contributed by atoms with Gasteiger partial charge in [-0.25, -0.2) is 8.42 Å². The maximum Gasteiger partial charge on any atom is 0.261 e. The van der Waals surface area contributed by atoms with Crippen molar-refractivity contribution in [2.75, 3.05) is 11.8 Å². The van der Waals surface area contributed by atoms with Crippen molar-refractivity contribution in [3.8, 4) is 5.75 Å². The van der Waals surface area contributed by atoms with Gasteiger partial charge in [-0.3, -0.25) is 4.72 Å². The number of hydrogen-bond acceptors (Lipinski definition) is 4. The molecule has 0 saturated heterocycles. The molecule has 0 radical (unpaired) electrons. The number of benzene rings is 2. The van der Waals surface area contributed by atoms with Gasteiger partial charge < -0.3 is 10.5 Å². The first-order valence-corrected chi connectivity index (χ1v) is 8.39. The number of methoxy groups -OCH3 is 1. The van der Waals surface area contributed by atoms with Crippen LogP contribution in [-0.2, 0) is 16.6 Å². The summed E-state index contributed by atoms with van der Waals surface area (Å²) in [6.07, 6.45) is 0. The Labute approximate surface area is 132 Å². The zero-order valence-corrected chi connectivity index (χ0v) is 13.7. The summed E-state index contributed by atoms with van der Waals surface area (Å²) >= 11 is 3.30. The van der Waals surface area contributed by atoms with Crippen LogP contribution < -0.4 is 15.2 Å². The van der Waals surface area contributed by atoms with Gasteiger partial charge in [-0.1, -0.05) is 22.0 Å². The second-order valence-electron chi connectivity index (χ2n) is 4.29. The van der Waals surface area contributed by atoms with E-state index in [-0.39, 0.29) is 11.4 Å². The van der Waals surface area contributed by atoms with Crippen LogP contribution in [0.5, 0.6) is 5.75 Å². The van der Waals surface area contributed by atoms with Gasteiger partial charge in [-0.15, -0.1) is 0 Å². The van der Waals surface area contributed by atoms with Crippen LogP contribution in [0.3, 0.4) is 0 Å². The number of nitrogens with two attached hydrogens (primary N) is 1. The molecule has 0 atom stereocenters. The second kappa shape index (κ2) is 6.46. The van der Waals surface area contributed by atoms with E-state index in [0.717, 1.165) is 4.47 Å². The van der Waals surface area contributed by atoms with E-state index in [9.17, 15) is 8.42 Å². The van der Waals surface area contributed by atoms with E-state index in [1.54, 1.807) is 24.3 Å². The van der Waals surface area contributed by atoms with Crippen molar-refractivity contribution in [3.63, 3.8) is 0 Å². The molecule has 0 amide bonds. The summed E-state index contributed by atoms with van der Waals surface area (Å²) in [7, 11) is -2.15. The quantitative estimate of drug-likeness (QED) is 0.847. The Kier molecular flexibility index (Phi) is 4.87. The van der Waals surface area contributed by atoms with Gasteiger partial charge in [0.15, 0.2) is 0 Å². The molecule has 2 aromatic carbocycles. The molecule has 0 bridgehead atoms. The smallest absolute Gasteiger partial charge is 0.261 e. The van der Waals surface area contributed by atoms with E-state index in [1.807, 2.05) is 6.07 Å². The van der Waals surface area contributed by atoms with Crippen LogP contribution in [0.2, 0.25) is 0 Å². The van der Waals surface area contributed by atoms with Crippen molar-refractivity contribution < 1.29 is 13.2 Å². The molecule has 0 fully saturated rings. The molecule has 0 saturated carbocycles. The fourth-order valence-electron chi connectivity index (χ4n) is 1.85. The topological polar surface area (TPSA) is 81.4 Å². The summed E-state index contributed by atoms with van der Waals surface area (Å²) in [5.41, 5.74) is 6.72. The number of anilines is 1. The highest BCUT2D eigenvalue weighted by Gasteiger charge is 2.16. The van der Waals surface area contributed by atoms with Crippen molar-refractivity contribution in [1.82, 2.24) is 0 Å². The number of rotatable bonds is 5. The molecule has 7 heteroatoms. The summed E-state index contributed by atoms with van der Waals surface area (Å²) < 4.78 is 33.2. The van der Waals surface area contributed by atoms with E-state index in [2.05, 4.69) is 20.7 Å². The lowest BCUT2D eigenvalue weighted by Gasteiger charge is -2.11. The summed E-state index contributed by atoms with van der Waals surface area (Å²) in [6.45, 7) is 0.198. The fourth-order valence-corrected chi connectivity index (χ4v) is 3.35. The minimum absolute atomic E-state index is 0.142. The van der Waals surface area contributed by atoms with Crippen molar-refractivity contribution in [2.24, 2.45) is 5.73 Å². The Morgan fingerprint density at radius 1 is 1.24 bits per heavy atom. The molecule has 2 aromatic rings. The summed E-state index contributed by atoms with van der Waals surface area (Å²) in [5, 5.41) is 0. The Morgan fingerprint density at radius 2 is 2.00 bits per heavy atom. The fraction of sp³-hybridized carbons (Fsp3) is 0.143. The van der Waals surface area contributed by atoms with Gasteiger partial charge in [0, 0.05) is 22.3 Å². The molecular weight excluding hydrogens is 356 g/mol. The summed E-state index contributed by atoms with van der Waals surface area (Å²) in [6, 6.07) is 11.5. The largest absolute Gasteiger partial charge is 0.496 e. The molecule has 3 N–H and O–H groups in total. The molecule has 0 aliphatic heterocycles. The molecule has 0 aliphatic rings. The monoisotopic (exact) mass is 370 g/mol. The first-order valence-electron chi connectivity index (χ1n) is 6.11. The van der Waals surface area contributed by atoms with Crippen LogP contribution in [0, 0.1) is 0 Å². The van der Waals surface area contributed by atoms with Gasteiger partial charge in [0.2, 0.25) is 0 Å². The number of ether oxygens (including phenoxy) is 1. The van der Waals surface area contributed by atoms with Crippen molar-refractivity contribution in [1.29, 1.82) is 0 Å². The van der Waals surface area contributed by atoms with Gasteiger partial charge >= 0.3 is 0 Å². The molecular formula is C14H15BrN2O3S. The minimum atomic E-state index is -3.67. The third-order valence-electron chi connectivity index (χ3n) is 2.86. The Balaban J connectivity index is 2.35. The molecule has 0 aromatic heterocycles. The molecule has 0 heterocycles. The van der Waals surface area contributed by atoms with Crippen molar-refractivity contribution in [2.45, 2.75) is 11.4 Å². The van der Waals surface area contributed by atoms with Crippen LogP contribution in [-0.4, -0.2) is 15.5 Å². The van der Waals surface area contributed by atoms with Crippen LogP contribution in [0.15, 0.2) is 51.8 Å². The predicted molar refractivity (Wildman–Crippen MR) is 85.8 cm³/mol. The number of sulfonamides is 1. The number of nitrogens with one attached hydrogen (secondary N) is 1. The van der Waals surface area contributed by atoms with Crippen molar-refractivity contribution >= 4 is 31.6 Å².